The molecule has 3 aromatic rings. The number of methoxy groups -OCH3 is 2. The lowest BCUT2D eigenvalue weighted by molar-refractivity contribution is 0.397. The molecule has 0 unspecified atom stereocenters. The summed E-state index contributed by atoms with van der Waals surface area (Å²) >= 11 is 0. The van der Waals surface area contributed by atoms with Gasteiger partial charge in [-0.05, 0) is 13.0 Å². The van der Waals surface area contributed by atoms with Gasteiger partial charge in [0.1, 0.15) is 33.8 Å². The van der Waals surface area contributed by atoms with Crippen LogP contribution in [0.15, 0.2) is 41.6 Å². The predicted molar refractivity (Wildman–Crippen MR) is 102 cm³/mol. The monoisotopic (exact) mass is 444 g/mol. The number of pyridine rings is 1. The minimum Gasteiger partial charge on any atom is -0.494 e. The Morgan fingerprint density at radius 1 is 1.17 bits per heavy atom. The fourth-order valence-corrected chi connectivity index (χ4v) is 4.23. The third-order valence-corrected chi connectivity index (χ3v) is 5.85. The summed E-state index contributed by atoms with van der Waals surface area (Å²) < 4.78 is 102. The first-order chi connectivity index (χ1) is 15.4. The molecule has 0 aliphatic rings. The zero-order valence-corrected chi connectivity index (χ0v) is 16.6. The Balaban J connectivity index is 2.31. The maximum Gasteiger partial charge on any atom is 0.269 e. The van der Waals surface area contributed by atoms with Crippen LogP contribution in [0.4, 0.5) is 13.2 Å². The van der Waals surface area contributed by atoms with E-state index in [1.807, 2.05) is 0 Å². The molecule has 7 nitrogen and oxygen atoms in total. The van der Waals surface area contributed by atoms with Crippen molar-refractivity contribution in [2.75, 3.05) is 21.2 Å². The third-order valence-electron chi connectivity index (χ3n) is 4.20. The second-order valence-electron chi connectivity index (χ2n) is 5.97. The molecule has 0 saturated carbocycles. The lowest BCUT2D eigenvalue weighted by Crippen LogP contribution is -2.15. The molecule has 1 aromatic carbocycles. The van der Waals surface area contributed by atoms with Crippen molar-refractivity contribution in [3.63, 3.8) is 0 Å². The van der Waals surface area contributed by atoms with Crippen molar-refractivity contribution in [2.24, 2.45) is 0 Å². The van der Waals surface area contributed by atoms with Gasteiger partial charge in [-0.1, -0.05) is 0 Å². The van der Waals surface area contributed by atoms with Crippen LogP contribution in [0, 0.1) is 17.5 Å². The molecular weight excluding hydrogens is 423 g/mol. The predicted octanol–water partition coefficient (Wildman–Crippen LogP) is 2.94. The van der Waals surface area contributed by atoms with E-state index < -0.39 is 52.3 Å². The van der Waals surface area contributed by atoms with Gasteiger partial charge in [-0.25, -0.2) is 30.5 Å². The van der Waals surface area contributed by atoms with Crippen LogP contribution in [0.2, 0.25) is 0 Å². The summed E-state index contributed by atoms with van der Waals surface area (Å²) in [4.78, 5) is 3.46. The van der Waals surface area contributed by atoms with Gasteiger partial charge < -0.3 is 14.8 Å². The standard InChI is InChI=1S/C19H18F3N3O4S/c1-23-8-11-10-25(30(26,27)13-4-5-16(28-2)24-9-13)18(19(11)29-3)17-14(21)6-12(20)7-15(17)22/h4-7,9-10,23H,8H2,1-3H3/i1D3. The second kappa shape index (κ2) is 8.36. The van der Waals surface area contributed by atoms with Crippen LogP contribution >= 0.6 is 0 Å². The highest BCUT2D eigenvalue weighted by Crippen LogP contribution is 2.40. The van der Waals surface area contributed by atoms with E-state index in [1.165, 1.54) is 13.2 Å². The Labute approximate surface area is 175 Å². The molecule has 0 amide bonds. The van der Waals surface area contributed by atoms with Crippen molar-refractivity contribution >= 4 is 10.0 Å². The van der Waals surface area contributed by atoms with E-state index in [-0.39, 0.29) is 22.1 Å². The van der Waals surface area contributed by atoms with E-state index in [9.17, 15) is 21.6 Å². The van der Waals surface area contributed by atoms with Crippen LogP contribution in [0.25, 0.3) is 11.3 Å². The van der Waals surface area contributed by atoms with Gasteiger partial charge in [0.15, 0.2) is 0 Å². The third kappa shape index (κ3) is 3.73. The molecular formula is C19H18F3N3O4S. The van der Waals surface area contributed by atoms with Gasteiger partial charge in [0.2, 0.25) is 5.88 Å². The number of rotatable bonds is 7. The number of ether oxygens (including phenoxy) is 2. The van der Waals surface area contributed by atoms with Crippen LogP contribution in [0.5, 0.6) is 11.6 Å². The van der Waals surface area contributed by atoms with Gasteiger partial charge in [-0.3, -0.25) is 0 Å². The van der Waals surface area contributed by atoms with Crippen molar-refractivity contribution in [3.8, 4) is 22.9 Å². The summed E-state index contributed by atoms with van der Waals surface area (Å²) in [7, 11) is -2.09. The molecule has 0 aliphatic carbocycles. The van der Waals surface area contributed by atoms with E-state index >= 15 is 0 Å². The molecule has 11 heteroatoms. The van der Waals surface area contributed by atoms with E-state index in [4.69, 9.17) is 13.6 Å². The molecule has 0 saturated heterocycles. The Bertz CT molecular complexity index is 1260. The van der Waals surface area contributed by atoms with Crippen LogP contribution < -0.4 is 14.8 Å². The molecule has 0 aliphatic heterocycles. The quantitative estimate of drug-likeness (QED) is 0.604. The zero-order valence-electron chi connectivity index (χ0n) is 18.7. The highest BCUT2D eigenvalue weighted by Gasteiger charge is 2.30. The minimum absolute atomic E-state index is 0.0307. The molecule has 0 bridgehead atoms. The molecule has 0 radical (unpaired) electrons. The maximum atomic E-state index is 14.7. The number of aromatic nitrogens is 2. The van der Waals surface area contributed by atoms with Crippen molar-refractivity contribution in [1.82, 2.24) is 14.3 Å². The topological polar surface area (TPSA) is 82.5 Å². The number of benzene rings is 1. The molecule has 3 rings (SSSR count). The number of nitrogens with zero attached hydrogens (tertiary/aromatic N) is 2. The number of hydrogen-bond acceptors (Lipinski definition) is 6. The molecule has 0 fully saturated rings. The fraction of sp³-hybridized carbons (Fsp3) is 0.211. The molecule has 2 heterocycles. The normalized spacial score (nSPS) is 13.4. The molecule has 0 atom stereocenters. The Hall–Kier alpha value is -3.05. The van der Waals surface area contributed by atoms with Crippen molar-refractivity contribution in [1.29, 1.82) is 0 Å². The average molecular weight is 444 g/mol. The maximum absolute atomic E-state index is 14.7. The van der Waals surface area contributed by atoms with E-state index in [0.29, 0.717) is 16.1 Å². The first kappa shape index (κ1) is 17.8. The SMILES string of the molecule is [2H]C([2H])([2H])NCc1cn(S(=O)(=O)c2ccc(OC)nc2)c(-c2c(F)cc(F)cc2F)c1OC. The van der Waals surface area contributed by atoms with E-state index in [1.54, 1.807) is 0 Å². The highest BCUT2D eigenvalue weighted by molar-refractivity contribution is 7.90. The number of hydrogen-bond donors (Lipinski definition) is 1. The molecule has 0 spiro atoms. The Morgan fingerprint density at radius 3 is 2.40 bits per heavy atom. The van der Waals surface area contributed by atoms with Crippen molar-refractivity contribution in [3.05, 3.63) is 59.7 Å². The second-order valence-corrected chi connectivity index (χ2v) is 7.79. The lowest BCUT2D eigenvalue weighted by atomic mass is 10.1. The molecule has 160 valence electrons. The fourth-order valence-electron chi connectivity index (χ4n) is 2.90. The Morgan fingerprint density at radius 2 is 1.87 bits per heavy atom. The number of nitrogens with one attached hydrogen (secondary N) is 1. The lowest BCUT2D eigenvalue weighted by Gasteiger charge is -2.14. The van der Waals surface area contributed by atoms with Gasteiger partial charge in [-0.15, -0.1) is 0 Å². The minimum atomic E-state index is -4.53. The van der Waals surface area contributed by atoms with Crippen molar-refractivity contribution < 1.29 is 35.2 Å². The average Bonchev–Trinajstić information content (AvgIpc) is 3.10. The Kier molecular flexibility index (Phi) is 4.96. The zero-order chi connectivity index (χ0) is 24.6. The molecule has 1 N–H and O–H groups in total. The van der Waals surface area contributed by atoms with Crippen molar-refractivity contribution in [2.45, 2.75) is 11.4 Å². The van der Waals surface area contributed by atoms with E-state index in [0.717, 1.165) is 25.6 Å². The van der Waals surface area contributed by atoms with Crippen LogP contribution in [0.3, 0.4) is 0 Å². The molecule has 30 heavy (non-hydrogen) atoms. The largest absolute Gasteiger partial charge is 0.494 e. The highest BCUT2D eigenvalue weighted by atomic mass is 32.2. The van der Waals surface area contributed by atoms with Gasteiger partial charge in [0.25, 0.3) is 10.0 Å². The van der Waals surface area contributed by atoms with Gasteiger partial charge in [-0.2, -0.15) is 0 Å². The van der Waals surface area contributed by atoms with E-state index in [2.05, 4.69) is 10.3 Å². The first-order valence-corrected chi connectivity index (χ1v) is 9.77. The number of halogens is 3. The van der Waals surface area contributed by atoms with Gasteiger partial charge >= 0.3 is 0 Å². The summed E-state index contributed by atoms with van der Waals surface area (Å²) in [6, 6.07) is 3.20. The summed E-state index contributed by atoms with van der Waals surface area (Å²) in [5.74, 6) is -4.18. The van der Waals surface area contributed by atoms with Crippen LogP contribution in [0.1, 0.15) is 9.68 Å². The summed E-state index contributed by atoms with van der Waals surface area (Å²) in [6.45, 7) is -3.03. The summed E-state index contributed by atoms with van der Waals surface area (Å²) in [6.07, 6.45) is 1.94. The summed E-state index contributed by atoms with van der Waals surface area (Å²) in [5, 5.41) is 2.18. The van der Waals surface area contributed by atoms with Gasteiger partial charge in [0.05, 0.1) is 26.0 Å². The van der Waals surface area contributed by atoms with Crippen LogP contribution in [-0.4, -0.2) is 38.6 Å². The summed E-state index contributed by atoms with van der Waals surface area (Å²) in [5.41, 5.74) is -1.50. The van der Waals surface area contributed by atoms with Gasteiger partial charge in [0, 0.05) is 40.6 Å². The first-order valence-electron chi connectivity index (χ1n) is 9.83. The van der Waals surface area contributed by atoms with Crippen LogP contribution in [-0.2, 0) is 16.6 Å². The molecule has 2 aromatic heterocycles. The smallest absolute Gasteiger partial charge is 0.269 e.